The Morgan fingerprint density at radius 3 is 2.18 bits per heavy atom. The van der Waals surface area contributed by atoms with Crippen molar-refractivity contribution in [3.63, 3.8) is 0 Å². The molecule has 0 spiro atoms. The maximum atomic E-state index is 12.3. The van der Waals surface area contributed by atoms with Crippen LogP contribution in [0.25, 0.3) is 11.1 Å². The summed E-state index contributed by atoms with van der Waals surface area (Å²) in [6.07, 6.45) is 1.56. The van der Waals surface area contributed by atoms with Crippen LogP contribution in [0.4, 0.5) is 4.79 Å². The molecule has 2 aliphatic carbocycles. The number of ether oxygens (including phenoxy) is 1. The zero-order chi connectivity index (χ0) is 23.4. The second-order valence-corrected chi connectivity index (χ2v) is 9.13. The van der Waals surface area contributed by atoms with Crippen LogP contribution in [0.5, 0.6) is 0 Å². The van der Waals surface area contributed by atoms with Crippen molar-refractivity contribution >= 4 is 18.0 Å². The van der Waals surface area contributed by atoms with Crippen molar-refractivity contribution in [1.82, 2.24) is 10.6 Å². The molecule has 2 aromatic rings. The Morgan fingerprint density at radius 2 is 1.61 bits per heavy atom. The summed E-state index contributed by atoms with van der Waals surface area (Å²) in [5.74, 6) is -0.929. The van der Waals surface area contributed by atoms with Gasteiger partial charge in [-0.15, -0.1) is 0 Å². The fourth-order valence-corrected chi connectivity index (χ4v) is 4.58. The highest BCUT2D eigenvalue weighted by Crippen LogP contribution is 2.44. The van der Waals surface area contributed by atoms with Gasteiger partial charge in [-0.1, -0.05) is 55.5 Å². The number of hydrogen-bond donors (Lipinski definition) is 3. The minimum Gasteiger partial charge on any atom is -0.481 e. The van der Waals surface area contributed by atoms with Gasteiger partial charge in [-0.2, -0.15) is 0 Å². The average molecular weight is 451 g/mol. The Bertz CT molecular complexity index is 987. The number of carbonyl (C=O) groups is 3. The summed E-state index contributed by atoms with van der Waals surface area (Å²) < 4.78 is 5.53. The largest absolute Gasteiger partial charge is 0.481 e. The number of nitrogens with one attached hydrogen (secondary N) is 2. The van der Waals surface area contributed by atoms with Crippen molar-refractivity contribution in [2.75, 3.05) is 13.2 Å². The van der Waals surface area contributed by atoms with Gasteiger partial charge in [-0.05, 0) is 46.9 Å². The molecular formula is C26H30N2O5. The van der Waals surface area contributed by atoms with E-state index in [9.17, 15) is 14.4 Å². The Labute approximate surface area is 193 Å². The third-order valence-electron chi connectivity index (χ3n) is 6.40. The first-order valence-electron chi connectivity index (χ1n) is 11.5. The number of alkyl carbamates (subject to hydrolysis) is 1. The molecule has 2 aromatic carbocycles. The summed E-state index contributed by atoms with van der Waals surface area (Å²) in [7, 11) is 0. The van der Waals surface area contributed by atoms with Crippen molar-refractivity contribution < 1.29 is 24.2 Å². The number of rotatable bonds is 10. The first-order chi connectivity index (χ1) is 15.9. The number of carbonyl (C=O) groups excluding carboxylic acids is 2. The first-order valence-corrected chi connectivity index (χ1v) is 11.5. The molecule has 0 heterocycles. The van der Waals surface area contributed by atoms with Gasteiger partial charge in [0.2, 0.25) is 5.91 Å². The van der Waals surface area contributed by atoms with Crippen molar-refractivity contribution in [1.29, 1.82) is 0 Å². The number of aliphatic carboxylic acids is 1. The van der Waals surface area contributed by atoms with Gasteiger partial charge in [0.25, 0.3) is 0 Å². The second kappa shape index (κ2) is 10.1. The van der Waals surface area contributed by atoms with E-state index in [-0.39, 0.29) is 49.2 Å². The number of amides is 2. The van der Waals surface area contributed by atoms with Gasteiger partial charge in [-0.3, -0.25) is 9.59 Å². The van der Waals surface area contributed by atoms with Crippen molar-refractivity contribution in [2.24, 2.45) is 11.8 Å². The van der Waals surface area contributed by atoms with E-state index in [4.69, 9.17) is 9.84 Å². The number of fused-ring (bicyclic) bond motifs is 3. The van der Waals surface area contributed by atoms with Crippen LogP contribution in [0.15, 0.2) is 48.5 Å². The van der Waals surface area contributed by atoms with Gasteiger partial charge in [0.15, 0.2) is 0 Å². The summed E-state index contributed by atoms with van der Waals surface area (Å²) >= 11 is 0. The molecule has 2 atom stereocenters. The van der Waals surface area contributed by atoms with Crippen molar-refractivity contribution in [3.05, 3.63) is 59.7 Å². The minimum atomic E-state index is -0.905. The summed E-state index contributed by atoms with van der Waals surface area (Å²) in [5.41, 5.74) is 4.66. The zero-order valence-electron chi connectivity index (χ0n) is 18.8. The predicted octanol–water partition coefficient (Wildman–Crippen LogP) is 3.92. The first kappa shape index (κ1) is 22.8. The van der Waals surface area contributed by atoms with Crippen LogP contribution in [0.2, 0.25) is 0 Å². The van der Waals surface area contributed by atoms with E-state index in [0.29, 0.717) is 6.54 Å². The van der Waals surface area contributed by atoms with Crippen molar-refractivity contribution in [3.8, 4) is 11.1 Å². The van der Waals surface area contributed by atoms with E-state index < -0.39 is 12.1 Å². The predicted molar refractivity (Wildman–Crippen MR) is 124 cm³/mol. The summed E-state index contributed by atoms with van der Waals surface area (Å²) in [6, 6.07) is 16.0. The molecule has 1 fully saturated rings. The van der Waals surface area contributed by atoms with Gasteiger partial charge in [-0.25, -0.2) is 4.79 Å². The number of carboxylic acids is 1. The maximum Gasteiger partial charge on any atom is 0.407 e. The number of hydrogen-bond acceptors (Lipinski definition) is 4. The Balaban J connectivity index is 1.23. The molecule has 0 aromatic heterocycles. The van der Waals surface area contributed by atoms with E-state index in [2.05, 4.69) is 34.9 Å². The molecule has 2 unspecified atom stereocenters. The van der Waals surface area contributed by atoms with Gasteiger partial charge < -0.3 is 20.5 Å². The molecule has 2 amide bonds. The van der Waals surface area contributed by atoms with Gasteiger partial charge in [0, 0.05) is 24.9 Å². The van der Waals surface area contributed by atoms with E-state index >= 15 is 0 Å². The highest BCUT2D eigenvalue weighted by atomic mass is 16.5. The van der Waals surface area contributed by atoms with Gasteiger partial charge in [0.05, 0.1) is 6.42 Å². The molecule has 3 N–H and O–H groups in total. The van der Waals surface area contributed by atoms with E-state index in [0.717, 1.165) is 24.0 Å². The van der Waals surface area contributed by atoms with Crippen LogP contribution in [-0.4, -0.2) is 42.3 Å². The molecular weight excluding hydrogens is 420 g/mol. The van der Waals surface area contributed by atoms with Crippen LogP contribution in [0, 0.1) is 11.8 Å². The highest BCUT2D eigenvalue weighted by Gasteiger charge is 2.34. The summed E-state index contributed by atoms with van der Waals surface area (Å²) in [5, 5.41) is 14.6. The Kier molecular flexibility index (Phi) is 6.96. The molecule has 33 heavy (non-hydrogen) atoms. The smallest absolute Gasteiger partial charge is 0.407 e. The zero-order valence-corrected chi connectivity index (χ0v) is 18.8. The SMILES string of the molecule is CC(CNC(=O)OCC1c2ccccc2-c2ccccc21)CC(=O)NC(CC(=O)O)C1CC1. The van der Waals surface area contributed by atoms with Gasteiger partial charge in [0.1, 0.15) is 6.61 Å². The molecule has 7 nitrogen and oxygen atoms in total. The molecule has 1 saturated carbocycles. The molecule has 2 aliphatic rings. The molecule has 0 radical (unpaired) electrons. The van der Waals surface area contributed by atoms with E-state index in [1.165, 1.54) is 11.1 Å². The maximum absolute atomic E-state index is 12.3. The average Bonchev–Trinajstić information content (AvgIpc) is 3.59. The van der Waals surface area contributed by atoms with Crippen LogP contribution in [0.1, 0.15) is 49.7 Å². The van der Waals surface area contributed by atoms with Crippen LogP contribution >= 0.6 is 0 Å². The summed E-state index contributed by atoms with van der Waals surface area (Å²) in [6.45, 7) is 2.41. The normalized spacial score (nSPS) is 16.3. The minimum absolute atomic E-state index is 0.0000519. The third kappa shape index (κ3) is 5.72. The Hall–Kier alpha value is -3.35. The lowest BCUT2D eigenvalue weighted by atomic mass is 9.98. The highest BCUT2D eigenvalue weighted by molar-refractivity contribution is 5.79. The van der Waals surface area contributed by atoms with Crippen LogP contribution in [-0.2, 0) is 14.3 Å². The standard InChI is InChI=1S/C26H30N2O5/c1-16(12-24(29)28-23(13-25(30)31)17-10-11-17)14-27-26(32)33-15-22-20-8-4-2-6-18(20)19-7-3-5-9-21(19)22/h2-9,16-17,22-23H,10-15H2,1H3,(H,27,32)(H,28,29)(H,30,31). The third-order valence-corrected chi connectivity index (χ3v) is 6.40. The van der Waals surface area contributed by atoms with Crippen LogP contribution < -0.4 is 10.6 Å². The van der Waals surface area contributed by atoms with E-state index in [1.54, 1.807) is 0 Å². The summed E-state index contributed by atoms with van der Waals surface area (Å²) in [4.78, 5) is 35.6. The van der Waals surface area contributed by atoms with E-state index in [1.807, 2.05) is 31.2 Å². The quantitative estimate of drug-likeness (QED) is 0.509. The van der Waals surface area contributed by atoms with Crippen LogP contribution in [0.3, 0.4) is 0 Å². The molecule has 174 valence electrons. The molecule has 4 rings (SSSR count). The lowest BCUT2D eigenvalue weighted by Gasteiger charge is -2.19. The lowest BCUT2D eigenvalue weighted by molar-refractivity contribution is -0.137. The number of benzene rings is 2. The monoisotopic (exact) mass is 450 g/mol. The lowest BCUT2D eigenvalue weighted by Crippen LogP contribution is -2.39. The Morgan fingerprint density at radius 1 is 1.00 bits per heavy atom. The van der Waals surface area contributed by atoms with Crippen molar-refractivity contribution in [2.45, 2.75) is 44.6 Å². The molecule has 7 heteroatoms. The topological polar surface area (TPSA) is 105 Å². The molecule has 0 aliphatic heterocycles. The fraction of sp³-hybridized carbons (Fsp3) is 0.423. The van der Waals surface area contributed by atoms with Gasteiger partial charge >= 0.3 is 12.1 Å². The fourth-order valence-electron chi connectivity index (χ4n) is 4.58. The molecule has 0 saturated heterocycles. The molecule has 0 bridgehead atoms. The second-order valence-electron chi connectivity index (χ2n) is 9.13. The number of carboxylic acid groups (broad SMARTS) is 1.